The highest BCUT2D eigenvalue weighted by Gasteiger charge is 2.11. The molecule has 0 aliphatic heterocycles. The number of aliphatic hydroxyl groups excluding tert-OH is 1. The third-order valence-electron chi connectivity index (χ3n) is 1.86. The van der Waals surface area contributed by atoms with Crippen LogP contribution in [-0.2, 0) is 16.1 Å². The van der Waals surface area contributed by atoms with E-state index in [0.717, 1.165) is 0 Å². The first-order chi connectivity index (χ1) is 7.15. The maximum atomic E-state index is 11.5. The molecule has 15 heavy (non-hydrogen) atoms. The van der Waals surface area contributed by atoms with E-state index in [1.807, 2.05) is 0 Å². The van der Waals surface area contributed by atoms with Crippen LogP contribution in [0.3, 0.4) is 0 Å². The van der Waals surface area contributed by atoms with Gasteiger partial charge < -0.3 is 14.4 Å². The molecule has 1 N–H and O–H groups in total. The van der Waals surface area contributed by atoms with Crippen molar-refractivity contribution in [3.05, 3.63) is 24.0 Å². The highest BCUT2D eigenvalue weighted by molar-refractivity contribution is 5.96. The Morgan fingerprint density at radius 3 is 2.87 bits per heavy atom. The van der Waals surface area contributed by atoms with E-state index in [4.69, 9.17) is 5.11 Å². The van der Waals surface area contributed by atoms with Gasteiger partial charge in [-0.1, -0.05) is 0 Å². The monoisotopic (exact) mass is 211 g/mol. The number of nitrogens with zero attached hydrogens (tertiary/aromatic N) is 1. The Hall–Kier alpha value is -1.62. The van der Waals surface area contributed by atoms with Gasteiger partial charge in [-0.15, -0.1) is 0 Å². The number of carbonyl (C=O) groups is 2. The minimum Gasteiger partial charge on any atom is -0.457 e. The van der Waals surface area contributed by atoms with Crippen LogP contribution in [0.2, 0.25) is 0 Å². The second-order valence-corrected chi connectivity index (χ2v) is 3.01. The van der Waals surface area contributed by atoms with Crippen molar-refractivity contribution >= 4 is 11.8 Å². The minimum atomic E-state index is -0.483. The van der Waals surface area contributed by atoms with Crippen LogP contribution in [0.15, 0.2) is 18.3 Å². The van der Waals surface area contributed by atoms with Crippen LogP contribution in [0.1, 0.15) is 17.4 Å². The molecule has 1 rings (SSSR count). The predicted molar refractivity (Wildman–Crippen MR) is 52.5 cm³/mol. The summed E-state index contributed by atoms with van der Waals surface area (Å²) in [5, 5.41) is 8.74. The summed E-state index contributed by atoms with van der Waals surface area (Å²) in [5.41, 5.74) is 0.435. The molecular weight excluding hydrogens is 198 g/mol. The van der Waals surface area contributed by atoms with Crippen molar-refractivity contribution in [2.75, 3.05) is 13.2 Å². The zero-order valence-electron chi connectivity index (χ0n) is 8.47. The van der Waals surface area contributed by atoms with Crippen LogP contribution in [-0.4, -0.2) is 34.6 Å². The Morgan fingerprint density at radius 1 is 1.53 bits per heavy atom. The fourth-order valence-corrected chi connectivity index (χ4v) is 1.21. The smallest absolute Gasteiger partial charge is 0.303 e. The van der Waals surface area contributed by atoms with E-state index in [1.54, 1.807) is 22.9 Å². The lowest BCUT2D eigenvalue weighted by Crippen LogP contribution is -2.16. The number of rotatable bonds is 5. The number of esters is 1. The normalized spacial score (nSPS) is 10.0. The fraction of sp³-hybridized carbons (Fsp3) is 0.400. The van der Waals surface area contributed by atoms with Gasteiger partial charge in [-0.2, -0.15) is 0 Å². The summed E-state index contributed by atoms with van der Waals surface area (Å²) in [6.07, 6.45) is 1.69. The van der Waals surface area contributed by atoms with E-state index < -0.39 is 5.97 Å². The third-order valence-corrected chi connectivity index (χ3v) is 1.86. The SMILES string of the molecule is CC(=O)OCC(=O)c1cccn1CCO. The van der Waals surface area contributed by atoms with E-state index in [2.05, 4.69) is 4.74 Å². The molecule has 0 unspecified atom stereocenters. The molecule has 0 atom stereocenters. The molecule has 1 aromatic rings. The second kappa shape index (κ2) is 5.31. The highest BCUT2D eigenvalue weighted by Crippen LogP contribution is 2.03. The standard InChI is InChI=1S/C10H13NO4/c1-8(13)15-7-10(14)9-3-2-4-11(9)5-6-12/h2-4,12H,5-7H2,1H3. The van der Waals surface area contributed by atoms with Crippen molar-refractivity contribution in [2.45, 2.75) is 13.5 Å². The van der Waals surface area contributed by atoms with Gasteiger partial charge >= 0.3 is 5.97 Å². The summed E-state index contributed by atoms with van der Waals surface area (Å²) in [4.78, 5) is 22.0. The zero-order chi connectivity index (χ0) is 11.3. The summed E-state index contributed by atoms with van der Waals surface area (Å²) >= 11 is 0. The number of hydrogen-bond acceptors (Lipinski definition) is 4. The lowest BCUT2D eigenvalue weighted by atomic mass is 10.3. The number of aliphatic hydroxyl groups is 1. The van der Waals surface area contributed by atoms with E-state index in [1.165, 1.54) is 6.92 Å². The van der Waals surface area contributed by atoms with Gasteiger partial charge in [0.15, 0.2) is 6.61 Å². The van der Waals surface area contributed by atoms with Gasteiger partial charge in [-0.25, -0.2) is 0 Å². The van der Waals surface area contributed by atoms with Crippen LogP contribution in [0.5, 0.6) is 0 Å². The van der Waals surface area contributed by atoms with Gasteiger partial charge in [-0.05, 0) is 12.1 Å². The summed E-state index contributed by atoms with van der Waals surface area (Å²) < 4.78 is 6.21. The molecule has 1 aromatic heterocycles. The van der Waals surface area contributed by atoms with Crippen molar-refractivity contribution in [1.82, 2.24) is 4.57 Å². The molecule has 1 heterocycles. The van der Waals surface area contributed by atoms with E-state index in [9.17, 15) is 9.59 Å². The molecule has 0 radical (unpaired) electrons. The molecule has 0 spiro atoms. The topological polar surface area (TPSA) is 68.5 Å². The number of carbonyl (C=O) groups excluding carboxylic acids is 2. The Balaban J connectivity index is 2.64. The van der Waals surface area contributed by atoms with Crippen LogP contribution < -0.4 is 0 Å². The highest BCUT2D eigenvalue weighted by atomic mass is 16.5. The molecule has 0 aromatic carbocycles. The number of Topliss-reactive ketones (excluding diaryl/α,β-unsaturated/α-hetero) is 1. The number of ketones is 1. The van der Waals surface area contributed by atoms with Crippen LogP contribution in [0.25, 0.3) is 0 Å². The molecule has 0 saturated heterocycles. The first-order valence-corrected chi connectivity index (χ1v) is 4.57. The minimum absolute atomic E-state index is 0.0392. The van der Waals surface area contributed by atoms with Crippen molar-refractivity contribution in [1.29, 1.82) is 0 Å². The Kier molecular flexibility index (Phi) is 4.05. The summed E-state index contributed by atoms with van der Waals surface area (Å²) in [6.45, 7) is 1.31. The van der Waals surface area contributed by atoms with Gasteiger partial charge in [0.25, 0.3) is 0 Å². The zero-order valence-corrected chi connectivity index (χ0v) is 8.47. The van der Waals surface area contributed by atoms with Crippen molar-refractivity contribution in [3.8, 4) is 0 Å². The number of aromatic nitrogens is 1. The molecule has 0 amide bonds. The predicted octanol–water partition coefficient (Wildman–Crippen LogP) is 0.226. The summed E-state index contributed by atoms with van der Waals surface area (Å²) in [7, 11) is 0. The van der Waals surface area contributed by atoms with Crippen LogP contribution >= 0.6 is 0 Å². The Morgan fingerprint density at radius 2 is 2.27 bits per heavy atom. The Bertz CT molecular complexity index is 356. The quantitative estimate of drug-likeness (QED) is 0.559. The van der Waals surface area contributed by atoms with Crippen molar-refractivity contribution in [2.24, 2.45) is 0 Å². The number of hydrogen-bond donors (Lipinski definition) is 1. The molecule has 82 valence electrons. The average Bonchev–Trinajstić information content (AvgIpc) is 2.63. The van der Waals surface area contributed by atoms with Crippen molar-refractivity contribution < 1.29 is 19.4 Å². The molecule has 0 aliphatic carbocycles. The van der Waals surface area contributed by atoms with Gasteiger partial charge in [0.1, 0.15) is 0 Å². The molecule has 0 bridgehead atoms. The lowest BCUT2D eigenvalue weighted by Gasteiger charge is -2.06. The molecule has 5 nitrogen and oxygen atoms in total. The molecule has 0 fully saturated rings. The van der Waals surface area contributed by atoms with Crippen LogP contribution in [0.4, 0.5) is 0 Å². The third kappa shape index (κ3) is 3.21. The van der Waals surface area contributed by atoms with E-state index >= 15 is 0 Å². The largest absolute Gasteiger partial charge is 0.457 e. The van der Waals surface area contributed by atoms with Gasteiger partial charge in [0.2, 0.25) is 5.78 Å². The average molecular weight is 211 g/mol. The van der Waals surface area contributed by atoms with E-state index in [0.29, 0.717) is 12.2 Å². The Labute approximate surface area is 87.3 Å². The van der Waals surface area contributed by atoms with Crippen LogP contribution in [0, 0.1) is 0 Å². The lowest BCUT2D eigenvalue weighted by molar-refractivity contribution is -0.139. The summed E-state index contributed by atoms with van der Waals surface area (Å²) in [5.74, 6) is -0.757. The van der Waals surface area contributed by atoms with Gasteiger partial charge in [0.05, 0.1) is 12.3 Å². The maximum Gasteiger partial charge on any atom is 0.303 e. The second-order valence-electron chi connectivity index (χ2n) is 3.01. The molecule has 5 heteroatoms. The fourth-order valence-electron chi connectivity index (χ4n) is 1.21. The number of ether oxygens (including phenoxy) is 1. The molecule has 0 aliphatic rings. The van der Waals surface area contributed by atoms with Crippen molar-refractivity contribution in [3.63, 3.8) is 0 Å². The first-order valence-electron chi connectivity index (χ1n) is 4.57. The first kappa shape index (κ1) is 11.5. The van der Waals surface area contributed by atoms with Gasteiger partial charge in [-0.3, -0.25) is 9.59 Å². The van der Waals surface area contributed by atoms with E-state index in [-0.39, 0.29) is 19.0 Å². The molecule has 0 saturated carbocycles. The maximum absolute atomic E-state index is 11.5. The molecular formula is C10H13NO4. The summed E-state index contributed by atoms with van der Waals surface area (Å²) in [6, 6.07) is 3.33. The van der Waals surface area contributed by atoms with Gasteiger partial charge in [0, 0.05) is 19.7 Å².